The third kappa shape index (κ3) is 14.0. The molecule has 0 spiro atoms. The van der Waals surface area contributed by atoms with Crippen LogP contribution in [0.4, 0.5) is 0 Å². The summed E-state index contributed by atoms with van der Waals surface area (Å²) in [6.45, 7) is 4.44. The Balaban J connectivity index is 2.83. The molecular weight excluding hydrogens is 194 g/mol. The molecule has 0 atom stereocenters. The molecule has 1 radical (unpaired) electrons. The third-order valence-electron chi connectivity index (χ3n) is 3.16. The first-order valence-electron chi connectivity index (χ1n) is 7.40. The molecule has 0 saturated heterocycles. The molecule has 0 bridgehead atoms. The molecule has 0 aromatic carbocycles. The number of hydrogen-bond donors (Lipinski definition) is 1. The highest BCUT2D eigenvalue weighted by Crippen LogP contribution is 2.11. The summed E-state index contributed by atoms with van der Waals surface area (Å²) in [6, 6.07) is 0. The summed E-state index contributed by atoms with van der Waals surface area (Å²) < 4.78 is 0. The normalized spacial score (nSPS) is 10.9. The summed E-state index contributed by atoms with van der Waals surface area (Å²) >= 11 is 0. The molecular formula is C15H32N. The second-order valence-electron chi connectivity index (χ2n) is 4.82. The molecule has 0 unspecified atom stereocenters. The lowest BCUT2D eigenvalue weighted by molar-refractivity contribution is 0.547. The Labute approximate surface area is 103 Å². The van der Waals surface area contributed by atoms with Gasteiger partial charge in [0.15, 0.2) is 0 Å². The number of hydrogen-bond acceptors (Lipinski definition) is 1. The van der Waals surface area contributed by atoms with Gasteiger partial charge in [0.1, 0.15) is 0 Å². The first-order chi connectivity index (χ1) is 7.91. The van der Waals surface area contributed by atoms with Crippen molar-refractivity contribution in [3.63, 3.8) is 0 Å². The minimum absolute atomic E-state index is 1.23. The van der Waals surface area contributed by atoms with Crippen LogP contribution in [-0.2, 0) is 0 Å². The topological polar surface area (TPSA) is 12.0 Å². The largest absolute Gasteiger partial charge is 0.315 e. The maximum absolute atomic E-state index is 3.08. The molecule has 97 valence electrons. The second-order valence-corrected chi connectivity index (χ2v) is 4.82. The van der Waals surface area contributed by atoms with Gasteiger partial charge in [0, 0.05) is 6.54 Å². The third-order valence-corrected chi connectivity index (χ3v) is 3.16. The summed E-state index contributed by atoms with van der Waals surface area (Å²) in [6.07, 6.45) is 17.0. The molecule has 0 amide bonds. The van der Waals surface area contributed by atoms with Crippen molar-refractivity contribution in [2.75, 3.05) is 7.05 Å². The van der Waals surface area contributed by atoms with Crippen LogP contribution in [0.15, 0.2) is 0 Å². The van der Waals surface area contributed by atoms with Crippen LogP contribution < -0.4 is 5.32 Å². The molecule has 1 heteroatoms. The van der Waals surface area contributed by atoms with E-state index in [-0.39, 0.29) is 0 Å². The van der Waals surface area contributed by atoms with Gasteiger partial charge in [0.2, 0.25) is 0 Å². The molecule has 0 aliphatic carbocycles. The van der Waals surface area contributed by atoms with Gasteiger partial charge in [0.25, 0.3) is 0 Å². The zero-order valence-corrected chi connectivity index (χ0v) is 11.6. The highest BCUT2D eigenvalue weighted by atomic mass is 14.8. The molecule has 0 aromatic heterocycles. The lowest BCUT2D eigenvalue weighted by atomic mass is 10.1. The molecule has 1 N–H and O–H groups in total. The summed E-state index contributed by atoms with van der Waals surface area (Å²) in [5, 5.41) is 3.08. The van der Waals surface area contributed by atoms with Gasteiger partial charge in [-0.05, 0) is 13.5 Å². The quantitative estimate of drug-likeness (QED) is 0.432. The van der Waals surface area contributed by atoms with Gasteiger partial charge < -0.3 is 5.32 Å². The second kappa shape index (κ2) is 15.0. The molecule has 0 rings (SSSR count). The molecule has 0 aromatic rings. The molecule has 0 heterocycles. The van der Waals surface area contributed by atoms with Crippen molar-refractivity contribution in [3.8, 4) is 0 Å². The van der Waals surface area contributed by atoms with E-state index in [9.17, 15) is 0 Å². The average Bonchev–Trinajstić information content (AvgIpc) is 2.31. The first kappa shape index (κ1) is 16.0. The van der Waals surface area contributed by atoms with Crippen molar-refractivity contribution >= 4 is 0 Å². The van der Waals surface area contributed by atoms with Crippen LogP contribution in [0.3, 0.4) is 0 Å². The van der Waals surface area contributed by atoms with E-state index in [1.165, 1.54) is 77.0 Å². The van der Waals surface area contributed by atoms with E-state index in [1.54, 1.807) is 0 Å². The van der Waals surface area contributed by atoms with E-state index in [2.05, 4.69) is 18.8 Å². The fraction of sp³-hybridized carbons (Fsp3) is 0.933. The van der Waals surface area contributed by atoms with Crippen LogP contribution in [0, 0.1) is 6.54 Å². The van der Waals surface area contributed by atoms with Crippen molar-refractivity contribution in [1.82, 2.24) is 5.32 Å². The Hall–Kier alpha value is -0.0400. The van der Waals surface area contributed by atoms with Crippen LogP contribution in [0.1, 0.15) is 84.0 Å². The standard InChI is InChI=1S/C15H32N/c1-3-4-5-6-7-8-9-10-11-12-13-14-15-16-2/h15-16H,3-14H2,1-2H3. The van der Waals surface area contributed by atoms with Crippen LogP contribution in [0.5, 0.6) is 0 Å². The molecule has 0 fully saturated rings. The zero-order valence-electron chi connectivity index (χ0n) is 11.6. The van der Waals surface area contributed by atoms with Crippen LogP contribution in [0.25, 0.3) is 0 Å². The minimum atomic E-state index is 1.23. The van der Waals surface area contributed by atoms with Crippen molar-refractivity contribution in [2.24, 2.45) is 0 Å². The summed E-state index contributed by atoms with van der Waals surface area (Å²) in [5.41, 5.74) is 0. The predicted octanol–water partition coefficient (Wildman–Crippen LogP) is 5.07. The van der Waals surface area contributed by atoms with E-state index in [4.69, 9.17) is 0 Å². The summed E-state index contributed by atoms with van der Waals surface area (Å²) in [4.78, 5) is 0. The highest BCUT2D eigenvalue weighted by molar-refractivity contribution is 4.57. The fourth-order valence-corrected chi connectivity index (χ4v) is 2.05. The van der Waals surface area contributed by atoms with E-state index >= 15 is 0 Å². The van der Waals surface area contributed by atoms with Crippen molar-refractivity contribution in [3.05, 3.63) is 6.54 Å². The minimum Gasteiger partial charge on any atom is -0.315 e. The molecule has 16 heavy (non-hydrogen) atoms. The van der Waals surface area contributed by atoms with E-state index in [0.29, 0.717) is 0 Å². The Morgan fingerprint density at radius 1 is 0.688 bits per heavy atom. The summed E-state index contributed by atoms with van der Waals surface area (Å²) in [5.74, 6) is 0. The van der Waals surface area contributed by atoms with E-state index in [0.717, 1.165) is 0 Å². The van der Waals surface area contributed by atoms with E-state index < -0.39 is 0 Å². The molecule has 0 saturated carbocycles. The van der Waals surface area contributed by atoms with Gasteiger partial charge in [-0.3, -0.25) is 0 Å². The maximum atomic E-state index is 3.08. The van der Waals surface area contributed by atoms with Crippen molar-refractivity contribution in [2.45, 2.75) is 84.0 Å². The average molecular weight is 226 g/mol. The van der Waals surface area contributed by atoms with Gasteiger partial charge in [-0.2, -0.15) is 0 Å². The smallest absolute Gasteiger partial charge is 0.0218 e. The fourth-order valence-electron chi connectivity index (χ4n) is 2.05. The number of rotatable bonds is 13. The van der Waals surface area contributed by atoms with Crippen LogP contribution in [0.2, 0.25) is 0 Å². The van der Waals surface area contributed by atoms with Gasteiger partial charge in [-0.15, -0.1) is 0 Å². The van der Waals surface area contributed by atoms with Gasteiger partial charge in [0.05, 0.1) is 0 Å². The number of nitrogens with one attached hydrogen (secondary N) is 1. The predicted molar refractivity (Wildman–Crippen MR) is 74.4 cm³/mol. The Morgan fingerprint density at radius 2 is 1.12 bits per heavy atom. The van der Waals surface area contributed by atoms with Gasteiger partial charge in [-0.1, -0.05) is 77.6 Å². The summed E-state index contributed by atoms with van der Waals surface area (Å²) in [7, 11) is 1.98. The van der Waals surface area contributed by atoms with Crippen LogP contribution >= 0.6 is 0 Å². The Morgan fingerprint density at radius 3 is 1.56 bits per heavy atom. The molecule has 0 aliphatic rings. The monoisotopic (exact) mass is 226 g/mol. The molecule has 1 nitrogen and oxygen atoms in total. The Kier molecular flexibility index (Phi) is 14.9. The van der Waals surface area contributed by atoms with Gasteiger partial charge in [-0.25, -0.2) is 0 Å². The van der Waals surface area contributed by atoms with Crippen molar-refractivity contribution in [1.29, 1.82) is 0 Å². The molecule has 0 aliphatic heterocycles. The van der Waals surface area contributed by atoms with Crippen LogP contribution in [-0.4, -0.2) is 7.05 Å². The first-order valence-corrected chi connectivity index (χ1v) is 7.40. The van der Waals surface area contributed by atoms with E-state index in [1.807, 2.05) is 7.05 Å². The zero-order chi connectivity index (χ0) is 11.9. The Bertz CT molecular complexity index is 98.0. The number of unbranched alkanes of at least 4 members (excludes halogenated alkanes) is 11. The lowest BCUT2D eigenvalue weighted by Gasteiger charge is -2.02. The van der Waals surface area contributed by atoms with Gasteiger partial charge >= 0.3 is 0 Å². The SMILES string of the molecule is CCCCCCCCCCCCC[CH]NC. The lowest BCUT2D eigenvalue weighted by Crippen LogP contribution is -1.99. The van der Waals surface area contributed by atoms with Crippen molar-refractivity contribution < 1.29 is 0 Å². The maximum Gasteiger partial charge on any atom is 0.0218 e. The highest BCUT2D eigenvalue weighted by Gasteiger charge is 1.92.